The Balaban J connectivity index is -0.000000125. The van der Waals surface area contributed by atoms with E-state index in [1.807, 2.05) is 0 Å². The quantitative estimate of drug-likeness (QED) is 0.314. The Morgan fingerprint density at radius 2 is 2.00 bits per heavy atom. The molecule has 0 saturated heterocycles. The van der Waals surface area contributed by atoms with Crippen LogP contribution in [0.25, 0.3) is 5.32 Å². The van der Waals surface area contributed by atoms with Crippen LogP contribution in [0.15, 0.2) is 0 Å². The Labute approximate surface area is 72.9 Å². The van der Waals surface area contributed by atoms with Gasteiger partial charge in [0, 0.05) is 13.7 Å². The second kappa shape index (κ2) is 15.7. The van der Waals surface area contributed by atoms with Crippen LogP contribution in [0.1, 0.15) is 0 Å². The summed E-state index contributed by atoms with van der Waals surface area (Å²) >= 11 is 0. The van der Waals surface area contributed by atoms with Gasteiger partial charge in [-0.1, -0.05) is 0 Å². The van der Waals surface area contributed by atoms with E-state index in [2.05, 4.69) is 10.1 Å². The third-order valence-corrected chi connectivity index (χ3v) is 0.519. The molecule has 0 heterocycles. The van der Waals surface area contributed by atoms with Gasteiger partial charge >= 0.3 is 23.1 Å². The van der Waals surface area contributed by atoms with E-state index in [1.165, 1.54) is 0 Å². The molecule has 8 heavy (non-hydrogen) atoms. The molecule has 0 aliphatic heterocycles. The standard InChI is InChI=1S/C4H10NO.ClH.Mg/c1-5-3-4-6-2;;/h3-4H2,1-2H3;1H;/q-1;;+2/p-1. The Bertz CT molecular complexity index is 28.0. The summed E-state index contributed by atoms with van der Waals surface area (Å²) in [4.78, 5) is 0. The summed E-state index contributed by atoms with van der Waals surface area (Å²) in [6.07, 6.45) is 0. The third-order valence-electron chi connectivity index (χ3n) is 0.519. The van der Waals surface area contributed by atoms with E-state index >= 15 is 0 Å². The molecular formula is C4H10ClMgNO. The zero-order valence-corrected chi connectivity index (χ0v) is 7.52. The van der Waals surface area contributed by atoms with Crippen molar-refractivity contribution in [3.05, 3.63) is 5.32 Å². The van der Waals surface area contributed by atoms with Crippen LogP contribution >= 0.6 is 0 Å². The van der Waals surface area contributed by atoms with Gasteiger partial charge in [0.1, 0.15) is 0 Å². The van der Waals surface area contributed by atoms with Gasteiger partial charge in [0.2, 0.25) is 0 Å². The zero-order valence-electron chi connectivity index (χ0n) is 5.35. The first-order valence-electron chi connectivity index (χ1n) is 1.96. The summed E-state index contributed by atoms with van der Waals surface area (Å²) < 4.78 is 4.69. The van der Waals surface area contributed by atoms with Crippen molar-refractivity contribution >= 4 is 23.1 Å². The van der Waals surface area contributed by atoms with Crippen molar-refractivity contribution in [2.75, 3.05) is 27.3 Å². The number of methoxy groups -OCH3 is 1. The van der Waals surface area contributed by atoms with E-state index in [-0.39, 0.29) is 35.5 Å². The predicted octanol–water partition coefficient (Wildman–Crippen LogP) is -2.74. The minimum Gasteiger partial charge on any atom is -1.00 e. The summed E-state index contributed by atoms with van der Waals surface area (Å²) in [5, 5.41) is 3.80. The average molecular weight is 148 g/mol. The van der Waals surface area contributed by atoms with Crippen LogP contribution in [-0.4, -0.2) is 50.4 Å². The van der Waals surface area contributed by atoms with Crippen molar-refractivity contribution in [3.63, 3.8) is 0 Å². The third kappa shape index (κ3) is 15.8. The SMILES string of the molecule is C[N-]CCOC.[Cl-].[Mg+2]. The Morgan fingerprint density at radius 3 is 2.12 bits per heavy atom. The predicted molar refractivity (Wildman–Crippen MR) is 31.8 cm³/mol. The van der Waals surface area contributed by atoms with Gasteiger partial charge in [0.15, 0.2) is 0 Å². The molecule has 0 aromatic rings. The molecule has 0 aliphatic rings. The van der Waals surface area contributed by atoms with Gasteiger partial charge in [-0.05, 0) is 0 Å². The van der Waals surface area contributed by atoms with Crippen LogP contribution in [0, 0.1) is 0 Å². The van der Waals surface area contributed by atoms with Crippen molar-refractivity contribution in [1.82, 2.24) is 0 Å². The molecule has 0 bridgehead atoms. The molecule has 0 aliphatic carbocycles. The zero-order chi connectivity index (χ0) is 4.83. The molecule has 0 spiro atoms. The molecule has 0 rings (SSSR count). The van der Waals surface area contributed by atoms with E-state index < -0.39 is 0 Å². The molecule has 0 atom stereocenters. The molecule has 0 N–H and O–H groups in total. The largest absolute Gasteiger partial charge is 2.00 e. The maximum absolute atomic E-state index is 4.69. The van der Waals surface area contributed by atoms with E-state index in [0.717, 1.165) is 13.2 Å². The number of nitrogens with zero attached hydrogens (tertiary/aromatic N) is 1. The number of likely N-dealkylation sites (N-methyl/N-ethyl adjacent to an activating group) is 1. The van der Waals surface area contributed by atoms with Crippen LogP contribution in [0.4, 0.5) is 0 Å². The van der Waals surface area contributed by atoms with E-state index in [9.17, 15) is 0 Å². The van der Waals surface area contributed by atoms with Gasteiger partial charge in [-0.15, -0.1) is 6.54 Å². The number of hydrogen-bond donors (Lipinski definition) is 0. The monoisotopic (exact) mass is 147 g/mol. The number of halogens is 1. The van der Waals surface area contributed by atoms with Crippen molar-refractivity contribution < 1.29 is 17.1 Å². The summed E-state index contributed by atoms with van der Waals surface area (Å²) in [6.45, 7) is 1.56. The molecule has 0 unspecified atom stereocenters. The van der Waals surface area contributed by atoms with Crippen LogP contribution in [0.5, 0.6) is 0 Å². The second-order valence-corrected chi connectivity index (χ2v) is 1.03. The minimum atomic E-state index is 0. The minimum absolute atomic E-state index is 0. The van der Waals surface area contributed by atoms with Crippen LogP contribution in [-0.2, 0) is 4.74 Å². The summed E-state index contributed by atoms with van der Waals surface area (Å²) in [6, 6.07) is 0. The van der Waals surface area contributed by atoms with Crippen molar-refractivity contribution in [2.24, 2.45) is 0 Å². The molecule has 0 aromatic carbocycles. The summed E-state index contributed by atoms with van der Waals surface area (Å²) in [5.74, 6) is 0. The maximum atomic E-state index is 4.69. The Morgan fingerprint density at radius 1 is 1.50 bits per heavy atom. The first-order chi connectivity index (χ1) is 2.91. The molecule has 0 radical (unpaired) electrons. The molecule has 0 saturated carbocycles. The van der Waals surface area contributed by atoms with Gasteiger partial charge in [-0.3, -0.25) is 0 Å². The van der Waals surface area contributed by atoms with Gasteiger partial charge in [-0.25, -0.2) is 0 Å². The number of ether oxygens (including phenoxy) is 1. The number of rotatable bonds is 3. The first-order valence-corrected chi connectivity index (χ1v) is 1.96. The van der Waals surface area contributed by atoms with Crippen LogP contribution in [0.2, 0.25) is 0 Å². The van der Waals surface area contributed by atoms with Crippen LogP contribution < -0.4 is 12.4 Å². The molecule has 2 nitrogen and oxygen atoms in total. The normalized spacial score (nSPS) is 6.75. The number of hydrogen-bond acceptors (Lipinski definition) is 1. The second-order valence-electron chi connectivity index (χ2n) is 1.03. The molecule has 46 valence electrons. The Hall–Kier alpha value is 0.976. The van der Waals surface area contributed by atoms with Crippen molar-refractivity contribution in [1.29, 1.82) is 0 Å². The maximum Gasteiger partial charge on any atom is 2.00 e. The molecular weight excluding hydrogens is 138 g/mol. The van der Waals surface area contributed by atoms with Crippen LogP contribution in [0.3, 0.4) is 0 Å². The topological polar surface area (TPSA) is 23.3 Å². The van der Waals surface area contributed by atoms with Crippen molar-refractivity contribution in [3.8, 4) is 0 Å². The fourth-order valence-electron chi connectivity index (χ4n) is 0.183. The Kier molecular flexibility index (Phi) is 31.3. The van der Waals surface area contributed by atoms with Gasteiger partial charge in [-0.2, -0.15) is 7.05 Å². The fourth-order valence-corrected chi connectivity index (χ4v) is 0.183. The molecule has 0 fully saturated rings. The summed E-state index contributed by atoms with van der Waals surface area (Å²) in [7, 11) is 3.45. The van der Waals surface area contributed by atoms with E-state index in [4.69, 9.17) is 0 Å². The van der Waals surface area contributed by atoms with E-state index in [0.29, 0.717) is 0 Å². The van der Waals surface area contributed by atoms with Gasteiger partial charge < -0.3 is 22.5 Å². The van der Waals surface area contributed by atoms with Gasteiger partial charge in [0.05, 0.1) is 0 Å². The summed E-state index contributed by atoms with van der Waals surface area (Å²) in [5.41, 5.74) is 0. The van der Waals surface area contributed by atoms with Gasteiger partial charge in [0.25, 0.3) is 0 Å². The first kappa shape index (κ1) is 16.0. The van der Waals surface area contributed by atoms with Crippen molar-refractivity contribution in [2.45, 2.75) is 0 Å². The molecule has 4 heteroatoms. The average Bonchev–Trinajstić information content (AvgIpc) is 1.61. The smallest absolute Gasteiger partial charge is 1.00 e. The molecule has 0 aromatic heterocycles. The molecule has 0 amide bonds. The van der Waals surface area contributed by atoms with E-state index in [1.54, 1.807) is 14.2 Å². The fraction of sp³-hybridized carbons (Fsp3) is 1.00.